The largest absolute Gasteiger partial charge is 0.355 e. The van der Waals surface area contributed by atoms with Crippen LogP contribution in [0.5, 0.6) is 0 Å². The fourth-order valence-electron chi connectivity index (χ4n) is 4.88. The Morgan fingerprint density at radius 3 is 1.43 bits per heavy atom. The van der Waals surface area contributed by atoms with Crippen molar-refractivity contribution < 1.29 is 0 Å². The lowest BCUT2D eigenvalue weighted by atomic mass is 10.0. The molecule has 6 rings (SSSR count). The summed E-state index contributed by atoms with van der Waals surface area (Å²) in [5.41, 5.74) is 8.15. The van der Waals surface area contributed by atoms with Gasteiger partial charge in [-0.1, -0.05) is 165 Å². The molecule has 0 atom stereocenters. The number of aryl methyl sites for hydroxylation is 2. The number of nitrogens with zero attached hydrogens (tertiary/aromatic N) is 1. The molecule has 0 saturated heterocycles. The quantitative estimate of drug-likeness (QED) is 0.208. The van der Waals surface area contributed by atoms with Gasteiger partial charge in [0, 0.05) is 33.2 Å². The minimum absolute atomic E-state index is 1.09. The molecule has 2 nitrogen and oxygen atoms in total. The minimum Gasteiger partial charge on any atom is -0.355 e. The maximum Gasteiger partial charge on any atom is 0.0541 e. The molecule has 0 bridgehead atoms. The van der Waals surface area contributed by atoms with Crippen molar-refractivity contribution in [3.05, 3.63) is 139 Å². The van der Waals surface area contributed by atoms with Gasteiger partial charge in [-0.25, -0.2) is 0 Å². The van der Waals surface area contributed by atoms with Gasteiger partial charge in [-0.2, -0.15) is 0 Å². The number of rotatable bonds is 5. The molecule has 0 spiro atoms. The first-order chi connectivity index (χ1) is 22.7. The van der Waals surface area contributed by atoms with Crippen molar-refractivity contribution in [3.63, 3.8) is 0 Å². The van der Waals surface area contributed by atoms with E-state index >= 15 is 0 Å². The van der Waals surface area contributed by atoms with E-state index in [1.165, 1.54) is 38.4 Å². The standard InChI is InChI=1S/C34H28N2.5C2H6/c1-24-14-18-27(19-15-24)35-32-22-23-34(31-12-6-5-11-30(31)32)36(28-20-16-25(2)17-21-28)33-13-7-9-26-8-3-4-10-29(26)33;5*1-2/h3-23,35H,1-2H3;5*1-2H3. The summed E-state index contributed by atoms with van der Waals surface area (Å²) in [7, 11) is 0. The Bertz CT molecular complexity index is 1660. The van der Waals surface area contributed by atoms with Crippen molar-refractivity contribution >= 4 is 50.0 Å². The van der Waals surface area contributed by atoms with Gasteiger partial charge < -0.3 is 10.2 Å². The number of nitrogens with one attached hydrogen (secondary N) is 1. The number of benzene rings is 6. The Morgan fingerprint density at radius 1 is 0.391 bits per heavy atom. The van der Waals surface area contributed by atoms with Gasteiger partial charge in [-0.3, -0.25) is 0 Å². The second-order valence-corrected chi connectivity index (χ2v) is 9.34. The normalized spacial score (nSPS) is 9.30. The van der Waals surface area contributed by atoms with Gasteiger partial charge in [0.05, 0.1) is 11.4 Å². The average molecular weight is 615 g/mol. The van der Waals surface area contributed by atoms with Gasteiger partial charge in [-0.15, -0.1) is 0 Å². The third-order valence-electron chi connectivity index (χ3n) is 6.77. The fraction of sp³-hybridized carbons (Fsp3) is 0.273. The molecule has 0 heterocycles. The maximum absolute atomic E-state index is 3.64. The number of hydrogen-bond acceptors (Lipinski definition) is 2. The van der Waals surface area contributed by atoms with E-state index in [-0.39, 0.29) is 0 Å². The highest BCUT2D eigenvalue weighted by atomic mass is 15.1. The zero-order valence-corrected chi connectivity index (χ0v) is 30.6. The summed E-state index contributed by atoms with van der Waals surface area (Å²) in [5.74, 6) is 0. The summed E-state index contributed by atoms with van der Waals surface area (Å²) in [4.78, 5) is 2.39. The van der Waals surface area contributed by atoms with Gasteiger partial charge in [0.2, 0.25) is 0 Å². The summed E-state index contributed by atoms with van der Waals surface area (Å²) in [6.07, 6.45) is 0. The van der Waals surface area contributed by atoms with Gasteiger partial charge >= 0.3 is 0 Å². The molecule has 6 aromatic carbocycles. The summed E-state index contributed by atoms with van der Waals surface area (Å²) < 4.78 is 0. The van der Waals surface area contributed by atoms with Crippen LogP contribution < -0.4 is 10.2 Å². The zero-order chi connectivity index (χ0) is 34.5. The van der Waals surface area contributed by atoms with Crippen LogP contribution >= 0.6 is 0 Å². The predicted molar refractivity (Wildman–Crippen MR) is 212 cm³/mol. The van der Waals surface area contributed by atoms with E-state index < -0.39 is 0 Å². The Balaban J connectivity index is 0.000000969. The Kier molecular flexibility index (Phi) is 18.9. The lowest BCUT2D eigenvalue weighted by Crippen LogP contribution is -2.11. The van der Waals surface area contributed by atoms with Gasteiger partial charge in [0.1, 0.15) is 0 Å². The molecule has 244 valence electrons. The summed E-state index contributed by atoms with van der Waals surface area (Å²) in [6, 6.07) is 45.6. The Hall–Kier alpha value is -4.56. The highest BCUT2D eigenvalue weighted by Gasteiger charge is 2.18. The van der Waals surface area contributed by atoms with Crippen LogP contribution in [0.1, 0.15) is 80.4 Å². The molecule has 0 aromatic heterocycles. The van der Waals surface area contributed by atoms with Crippen LogP contribution in [0.4, 0.5) is 28.4 Å². The Labute approximate surface area is 281 Å². The first-order valence-corrected chi connectivity index (χ1v) is 17.4. The number of hydrogen-bond donors (Lipinski definition) is 1. The van der Waals surface area contributed by atoms with Crippen LogP contribution in [-0.2, 0) is 0 Å². The maximum atomic E-state index is 3.64. The molecule has 1 N–H and O–H groups in total. The van der Waals surface area contributed by atoms with E-state index in [4.69, 9.17) is 0 Å². The molecule has 6 aromatic rings. The number of anilines is 5. The van der Waals surface area contributed by atoms with Crippen LogP contribution in [0.2, 0.25) is 0 Å². The van der Waals surface area contributed by atoms with Crippen LogP contribution in [0.25, 0.3) is 21.5 Å². The van der Waals surface area contributed by atoms with Crippen molar-refractivity contribution in [1.82, 2.24) is 0 Å². The fourth-order valence-corrected chi connectivity index (χ4v) is 4.88. The average Bonchev–Trinajstić information content (AvgIpc) is 3.15. The lowest BCUT2D eigenvalue weighted by Gasteiger charge is -2.29. The first kappa shape index (κ1) is 39.5. The van der Waals surface area contributed by atoms with Crippen molar-refractivity contribution in [2.24, 2.45) is 0 Å². The second-order valence-electron chi connectivity index (χ2n) is 9.34. The van der Waals surface area contributed by atoms with E-state index in [1.807, 2.05) is 69.2 Å². The second kappa shape index (κ2) is 22.0. The molecular formula is C44H58N2. The van der Waals surface area contributed by atoms with Crippen LogP contribution in [0.3, 0.4) is 0 Å². The van der Waals surface area contributed by atoms with Crippen molar-refractivity contribution in [2.75, 3.05) is 10.2 Å². The third kappa shape index (κ3) is 9.97. The molecule has 0 aliphatic heterocycles. The molecule has 46 heavy (non-hydrogen) atoms. The van der Waals surface area contributed by atoms with Crippen LogP contribution in [-0.4, -0.2) is 0 Å². The predicted octanol–water partition coefficient (Wildman–Crippen LogP) is 15.0. The molecule has 0 saturated carbocycles. The topological polar surface area (TPSA) is 15.3 Å². The number of fused-ring (bicyclic) bond motifs is 2. The summed E-state index contributed by atoms with van der Waals surface area (Å²) in [5, 5.41) is 8.48. The molecular weight excluding hydrogens is 556 g/mol. The van der Waals surface area contributed by atoms with Crippen LogP contribution in [0.15, 0.2) is 127 Å². The van der Waals surface area contributed by atoms with Gasteiger partial charge in [-0.05, 0) is 61.7 Å². The van der Waals surface area contributed by atoms with E-state index in [0.29, 0.717) is 0 Å². The molecule has 0 aliphatic carbocycles. The van der Waals surface area contributed by atoms with Crippen molar-refractivity contribution in [1.29, 1.82) is 0 Å². The molecule has 0 amide bonds. The highest BCUT2D eigenvalue weighted by Crippen LogP contribution is 2.43. The van der Waals surface area contributed by atoms with Crippen molar-refractivity contribution in [3.8, 4) is 0 Å². The van der Waals surface area contributed by atoms with E-state index in [0.717, 1.165) is 22.7 Å². The Morgan fingerprint density at radius 2 is 0.848 bits per heavy atom. The zero-order valence-electron chi connectivity index (χ0n) is 30.6. The monoisotopic (exact) mass is 614 g/mol. The summed E-state index contributed by atoms with van der Waals surface area (Å²) >= 11 is 0. The van der Waals surface area contributed by atoms with E-state index in [1.54, 1.807) is 0 Å². The molecule has 0 unspecified atom stereocenters. The third-order valence-corrected chi connectivity index (χ3v) is 6.77. The van der Waals surface area contributed by atoms with Crippen LogP contribution in [0, 0.1) is 13.8 Å². The van der Waals surface area contributed by atoms with Gasteiger partial charge in [0.15, 0.2) is 0 Å². The SMILES string of the molecule is CC.CC.CC.CC.CC.Cc1ccc(Nc2ccc(N(c3ccc(C)cc3)c3cccc4ccccc34)c3ccccc23)cc1. The highest BCUT2D eigenvalue weighted by molar-refractivity contribution is 6.08. The molecule has 2 heteroatoms. The minimum atomic E-state index is 1.09. The molecule has 0 aliphatic rings. The first-order valence-electron chi connectivity index (χ1n) is 17.4. The van der Waals surface area contributed by atoms with E-state index in [9.17, 15) is 0 Å². The summed E-state index contributed by atoms with van der Waals surface area (Å²) in [6.45, 7) is 24.2. The van der Waals surface area contributed by atoms with Gasteiger partial charge in [0.25, 0.3) is 0 Å². The smallest absolute Gasteiger partial charge is 0.0541 e. The van der Waals surface area contributed by atoms with E-state index in [2.05, 4.69) is 151 Å². The molecule has 0 radical (unpaired) electrons. The molecule has 0 fully saturated rings. The lowest BCUT2D eigenvalue weighted by molar-refractivity contribution is 1.30. The van der Waals surface area contributed by atoms with Crippen molar-refractivity contribution in [2.45, 2.75) is 83.1 Å².